The van der Waals surface area contributed by atoms with E-state index in [1.807, 2.05) is 22.6 Å². The number of rotatable bonds is 2. The van der Waals surface area contributed by atoms with Crippen LogP contribution in [0.25, 0.3) is 0 Å². The van der Waals surface area contributed by atoms with E-state index in [2.05, 4.69) is 25.8 Å². The molecule has 0 amide bonds. The monoisotopic (exact) mass is 330 g/mol. The van der Waals surface area contributed by atoms with Gasteiger partial charge in [0.15, 0.2) is 6.61 Å². The van der Waals surface area contributed by atoms with Crippen LogP contribution in [0.5, 0.6) is 0 Å². The molecule has 11 heavy (non-hydrogen) atoms. The second kappa shape index (κ2) is 4.99. The van der Waals surface area contributed by atoms with Crippen molar-refractivity contribution in [2.75, 3.05) is 6.61 Å². The Morgan fingerprint density at radius 2 is 2.27 bits per heavy atom. The maximum atomic E-state index is 11.0. The van der Waals surface area contributed by atoms with Crippen LogP contribution in [-0.4, -0.2) is 16.9 Å². The predicted octanol–water partition coefficient (Wildman–Crippen LogP) is 2.10. The lowest BCUT2D eigenvalue weighted by molar-refractivity contribution is -0.143. The van der Waals surface area contributed by atoms with E-state index < -0.39 is 4.32 Å². The van der Waals surface area contributed by atoms with Gasteiger partial charge in [-0.2, -0.15) is 0 Å². The Labute approximate surface area is 88.3 Å². The van der Waals surface area contributed by atoms with Gasteiger partial charge in [-0.05, 0) is 17.8 Å². The second-order valence-electron chi connectivity index (χ2n) is 2.32. The number of carbonyl (C=O) groups excluding carboxylic acids is 1. The molecule has 0 saturated carbocycles. The van der Waals surface area contributed by atoms with Crippen molar-refractivity contribution in [3.63, 3.8) is 0 Å². The minimum Gasteiger partial charge on any atom is -0.451 e. The van der Waals surface area contributed by atoms with Crippen LogP contribution < -0.4 is 0 Å². The number of esters is 1. The van der Waals surface area contributed by atoms with Crippen molar-refractivity contribution in [3.05, 3.63) is 0 Å². The molecule has 2 nitrogen and oxygen atoms in total. The highest BCUT2D eigenvalue weighted by molar-refractivity contribution is 14.1. The van der Waals surface area contributed by atoms with Gasteiger partial charge in [-0.25, -0.2) is 0 Å². The van der Waals surface area contributed by atoms with Crippen molar-refractivity contribution < 1.29 is 9.53 Å². The molecule has 0 radical (unpaired) electrons. The van der Waals surface area contributed by atoms with Crippen molar-refractivity contribution >= 4 is 44.5 Å². The van der Waals surface area contributed by atoms with Crippen molar-refractivity contribution in [2.45, 2.75) is 18.2 Å². The predicted molar refractivity (Wildman–Crippen MR) is 55.8 cm³/mol. The topological polar surface area (TPSA) is 26.3 Å². The fourth-order valence-corrected chi connectivity index (χ4v) is 0.571. The van der Waals surface area contributed by atoms with Crippen molar-refractivity contribution in [1.29, 1.82) is 0 Å². The molecule has 0 fully saturated rings. The minimum absolute atomic E-state index is 0.163. The van der Waals surface area contributed by atoms with E-state index >= 15 is 0 Å². The first-order chi connectivity index (χ1) is 4.98. The van der Waals surface area contributed by atoms with Crippen LogP contribution in [0.15, 0.2) is 0 Å². The molecule has 0 bridgehead atoms. The standard InChI is InChI=1S/C7H8BrIO2/c1-7(2,8)6(10)11-5-3-4-9/h5H2,1-2H3. The average molecular weight is 331 g/mol. The SMILES string of the molecule is CC(C)(Br)C(=O)OCC#CI. The summed E-state index contributed by atoms with van der Waals surface area (Å²) >= 11 is 5.06. The fraction of sp³-hybridized carbons (Fsp3) is 0.571. The molecule has 0 aliphatic rings. The minimum atomic E-state index is -0.611. The first-order valence-electron chi connectivity index (χ1n) is 2.93. The summed E-state index contributed by atoms with van der Waals surface area (Å²) in [5, 5.41) is 0. The number of hydrogen-bond donors (Lipinski definition) is 0. The van der Waals surface area contributed by atoms with Gasteiger partial charge in [0.25, 0.3) is 0 Å². The maximum Gasteiger partial charge on any atom is 0.323 e. The molecule has 0 heterocycles. The van der Waals surface area contributed by atoms with Gasteiger partial charge >= 0.3 is 5.97 Å². The van der Waals surface area contributed by atoms with Gasteiger partial charge in [0.05, 0.1) is 0 Å². The van der Waals surface area contributed by atoms with Gasteiger partial charge in [-0.15, -0.1) is 0 Å². The lowest BCUT2D eigenvalue weighted by Crippen LogP contribution is -2.26. The smallest absolute Gasteiger partial charge is 0.323 e. The Balaban J connectivity index is 3.77. The largest absolute Gasteiger partial charge is 0.451 e. The molecule has 62 valence electrons. The van der Waals surface area contributed by atoms with Crippen LogP contribution in [-0.2, 0) is 9.53 Å². The van der Waals surface area contributed by atoms with E-state index in [9.17, 15) is 4.79 Å². The zero-order chi connectivity index (χ0) is 8.91. The number of hydrogen-bond acceptors (Lipinski definition) is 2. The highest BCUT2D eigenvalue weighted by Crippen LogP contribution is 2.16. The molecule has 0 saturated heterocycles. The molecule has 0 aliphatic carbocycles. The zero-order valence-electron chi connectivity index (χ0n) is 6.28. The van der Waals surface area contributed by atoms with Gasteiger partial charge in [-0.3, -0.25) is 4.79 Å². The molecule has 0 N–H and O–H groups in total. The van der Waals surface area contributed by atoms with Crippen LogP contribution in [0.3, 0.4) is 0 Å². The molecule has 0 spiro atoms. The number of halogens is 2. The third kappa shape index (κ3) is 5.50. The highest BCUT2D eigenvalue weighted by atomic mass is 127. The Hall–Kier alpha value is 0.240. The number of alkyl halides is 1. The molecule has 0 unspecified atom stereocenters. The highest BCUT2D eigenvalue weighted by Gasteiger charge is 2.24. The molecule has 0 rings (SSSR count). The summed E-state index contributed by atoms with van der Waals surface area (Å²) in [6, 6.07) is 0. The quantitative estimate of drug-likeness (QED) is 0.335. The summed E-state index contributed by atoms with van der Waals surface area (Å²) in [5.41, 5.74) is 0. The zero-order valence-corrected chi connectivity index (χ0v) is 10.0. The van der Waals surface area contributed by atoms with E-state index in [0.29, 0.717) is 0 Å². The fourth-order valence-electron chi connectivity index (χ4n) is 0.301. The van der Waals surface area contributed by atoms with E-state index in [0.717, 1.165) is 0 Å². The van der Waals surface area contributed by atoms with Gasteiger partial charge in [-0.1, -0.05) is 21.9 Å². The number of ether oxygens (including phenoxy) is 1. The van der Waals surface area contributed by atoms with Gasteiger partial charge in [0.1, 0.15) is 4.32 Å². The molecule has 0 aliphatic heterocycles. The van der Waals surface area contributed by atoms with Crippen LogP contribution >= 0.6 is 38.5 Å². The van der Waals surface area contributed by atoms with Crippen LogP contribution in [0, 0.1) is 9.85 Å². The van der Waals surface area contributed by atoms with Crippen molar-refractivity contribution in [2.24, 2.45) is 0 Å². The van der Waals surface area contributed by atoms with Crippen molar-refractivity contribution in [3.8, 4) is 9.85 Å². The Kier molecular flexibility index (Phi) is 5.10. The average Bonchev–Trinajstić information content (AvgIpc) is 1.86. The lowest BCUT2D eigenvalue weighted by Gasteiger charge is -2.12. The third-order valence-electron chi connectivity index (χ3n) is 0.828. The van der Waals surface area contributed by atoms with Crippen LogP contribution in [0.1, 0.15) is 13.8 Å². The lowest BCUT2D eigenvalue weighted by atomic mass is 10.2. The molecular weight excluding hydrogens is 323 g/mol. The first kappa shape index (κ1) is 11.2. The van der Waals surface area contributed by atoms with Gasteiger partial charge < -0.3 is 4.74 Å². The first-order valence-corrected chi connectivity index (χ1v) is 4.80. The molecule has 0 atom stereocenters. The van der Waals surface area contributed by atoms with Crippen molar-refractivity contribution in [1.82, 2.24) is 0 Å². The van der Waals surface area contributed by atoms with E-state index in [1.165, 1.54) is 0 Å². The van der Waals surface area contributed by atoms with E-state index in [1.54, 1.807) is 13.8 Å². The molecular formula is C7H8BrIO2. The molecule has 0 aromatic carbocycles. The molecule has 4 heteroatoms. The summed E-state index contributed by atoms with van der Waals surface area (Å²) in [5.74, 6) is 2.33. The summed E-state index contributed by atoms with van der Waals surface area (Å²) in [6.07, 6.45) is 0. The van der Waals surface area contributed by atoms with Gasteiger partial charge in [0.2, 0.25) is 0 Å². The Bertz CT molecular complexity index is 197. The molecule has 0 aromatic heterocycles. The third-order valence-corrected chi connectivity index (χ3v) is 1.53. The maximum absolute atomic E-state index is 11.0. The summed E-state index contributed by atoms with van der Waals surface area (Å²) < 4.78 is 6.77. The van der Waals surface area contributed by atoms with Crippen LogP contribution in [0.2, 0.25) is 0 Å². The summed E-state index contributed by atoms with van der Waals surface area (Å²) in [4.78, 5) is 11.0. The Morgan fingerprint density at radius 1 is 1.73 bits per heavy atom. The normalized spacial score (nSPS) is 9.82. The number of carbonyl (C=O) groups is 1. The van der Waals surface area contributed by atoms with Gasteiger partial charge in [0, 0.05) is 22.6 Å². The Morgan fingerprint density at radius 3 is 2.64 bits per heavy atom. The van der Waals surface area contributed by atoms with E-state index in [-0.39, 0.29) is 12.6 Å². The molecule has 0 aromatic rings. The summed E-state index contributed by atoms with van der Waals surface area (Å²) in [7, 11) is 0. The second-order valence-corrected chi connectivity index (χ2v) is 4.84. The van der Waals surface area contributed by atoms with Crippen LogP contribution in [0.4, 0.5) is 0 Å². The summed E-state index contributed by atoms with van der Waals surface area (Å²) in [6.45, 7) is 3.62. The van der Waals surface area contributed by atoms with E-state index in [4.69, 9.17) is 4.74 Å².